The second-order valence-electron chi connectivity index (χ2n) is 6.17. The van der Waals surface area contributed by atoms with Gasteiger partial charge in [0, 0.05) is 0 Å². The summed E-state index contributed by atoms with van der Waals surface area (Å²) in [4.78, 5) is 0. The summed E-state index contributed by atoms with van der Waals surface area (Å²) in [6.45, 7) is 5.56. The lowest BCUT2D eigenvalue weighted by Gasteiger charge is -2.31. The molecule has 0 radical (unpaired) electrons. The Hall–Kier alpha value is -2.21. The van der Waals surface area contributed by atoms with E-state index in [1.54, 1.807) is 0 Å². The third-order valence-corrected chi connectivity index (χ3v) is 10.9. The predicted molar refractivity (Wildman–Crippen MR) is 111 cm³/mol. The second kappa shape index (κ2) is 7.58. The maximum Gasteiger partial charge on any atom is 0.279 e. The highest BCUT2D eigenvalue weighted by molar-refractivity contribution is 7.88. The van der Waals surface area contributed by atoms with Crippen molar-refractivity contribution < 1.29 is 12.3 Å². The van der Waals surface area contributed by atoms with Gasteiger partial charge in [0.2, 0.25) is 0 Å². The van der Waals surface area contributed by atoms with Gasteiger partial charge in [0.25, 0.3) is 18.4 Å². The van der Waals surface area contributed by atoms with Gasteiger partial charge in [-0.25, -0.2) is 8.42 Å². The maximum absolute atomic E-state index is 12.6. The number of hydrogen-bond acceptors (Lipinski definition) is 3. The molecule has 0 spiro atoms. The Morgan fingerprint density at radius 2 is 1.62 bits per heavy atom. The quantitative estimate of drug-likeness (QED) is 0.464. The van der Waals surface area contributed by atoms with Crippen molar-refractivity contribution >= 4 is 39.6 Å². The first-order valence-corrected chi connectivity index (χ1v) is 12.3. The highest BCUT2D eigenvalue weighted by Crippen LogP contribution is 2.22. The van der Waals surface area contributed by atoms with Crippen molar-refractivity contribution in [2.75, 3.05) is 5.75 Å². The zero-order chi connectivity index (χ0) is 18.6. The minimum absolute atomic E-state index is 0.195. The summed E-state index contributed by atoms with van der Waals surface area (Å²) >= 11 is 0. The molecule has 0 amide bonds. The van der Waals surface area contributed by atoms with Crippen LogP contribution >= 0.6 is 0 Å². The van der Waals surface area contributed by atoms with Gasteiger partial charge in [0.05, 0.1) is 5.75 Å². The number of hydrogen-bond donors (Lipinski definition) is 0. The van der Waals surface area contributed by atoms with Crippen LogP contribution in [0.5, 0.6) is 0 Å². The summed E-state index contributed by atoms with van der Waals surface area (Å²) in [6.07, 6.45) is 1.37. The molecule has 26 heavy (non-hydrogen) atoms. The van der Waals surface area contributed by atoms with Crippen LogP contribution in [0.25, 0.3) is 10.8 Å². The molecule has 0 aromatic heterocycles. The molecule has 0 aliphatic heterocycles. The van der Waals surface area contributed by atoms with Crippen molar-refractivity contribution in [1.29, 1.82) is 0 Å². The summed E-state index contributed by atoms with van der Waals surface area (Å²) in [6, 6.07) is 24.4. The average Bonchev–Trinajstić information content (AvgIpc) is 2.66. The van der Waals surface area contributed by atoms with E-state index < -0.39 is 18.4 Å². The molecular formula is C21H22O3SSi. The summed E-state index contributed by atoms with van der Waals surface area (Å²) in [7, 11) is -6.72. The van der Waals surface area contributed by atoms with Gasteiger partial charge in [-0.15, -0.1) is 6.58 Å². The number of benzene rings is 3. The highest BCUT2D eigenvalue weighted by Gasteiger charge is 2.43. The summed E-state index contributed by atoms with van der Waals surface area (Å²) in [5.41, 5.74) is 0. The second-order valence-corrected chi connectivity index (χ2v) is 11.8. The third-order valence-electron chi connectivity index (χ3n) is 4.55. The molecule has 1 atom stereocenters. The standard InChI is InChI=1S/C21H22O3SSi/c1-3-17-25(22,23)24-26(4-2,19-13-6-5-7-14-19)21-16-10-12-18-11-8-9-15-20(18)21/h3,5-16H,1,4,17H2,2H3. The van der Waals surface area contributed by atoms with Crippen molar-refractivity contribution in [3.63, 3.8) is 0 Å². The molecule has 0 fully saturated rings. The zero-order valence-electron chi connectivity index (χ0n) is 14.8. The van der Waals surface area contributed by atoms with Gasteiger partial charge in [0.15, 0.2) is 0 Å². The van der Waals surface area contributed by atoms with Crippen LogP contribution in [0.3, 0.4) is 0 Å². The molecule has 0 aliphatic carbocycles. The first-order valence-electron chi connectivity index (χ1n) is 8.60. The molecule has 0 aliphatic rings. The van der Waals surface area contributed by atoms with Crippen LogP contribution in [0.1, 0.15) is 6.92 Å². The van der Waals surface area contributed by atoms with E-state index >= 15 is 0 Å². The molecule has 0 N–H and O–H groups in total. The summed E-state index contributed by atoms with van der Waals surface area (Å²) < 4.78 is 31.3. The number of rotatable bonds is 7. The van der Waals surface area contributed by atoms with Gasteiger partial charge >= 0.3 is 0 Å². The van der Waals surface area contributed by atoms with E-state index in [1.165, 1.54) is 6.08 Å². The fourth-order valence-electron chi connectivity index (χ4n) is 3.38. The van der Waals surface area contributed by atoms with E-state index in [-0.39, 0.29) is 5.75 Å². The molecule has 3 aromatic rings. The van der Waals surface area contributed by atoms with Gasteiger partial charge in [-0.1, -0.05) is 85.8 Å². The molecule has 0 heterocycles. The van der Waals surface area contributed by atoms with Crippen LogP contribution in [0, 0.1) is 0 Å². The predicted octanol–water partition coefficient (Wildman–Crippen LogP) is 3.45. The Kier molecular flexibility index (Phi) is 5.41. The molecule has 3 aromatic carbocycles. The molecule has 0 saturated heterocycles. The van der Waals surface area contributed by atoms with Gasteiger partial charge in [-0.3, -0.25) is 0 Å². The first-order chi connectivity index (χ1) is 12.5. The minimum Gasteiger partial charge on any atom is -0.303 e. The lowest BCUT2D eigenvalue weighted by Crippen LogP contribution is -2.61. The molecule has 134 valence electrons. The normalized spacial score (nSPS) is 14.0. The highest BCUT2D eigenvalue weighted by atomic mass is 32.2. The fraction of sp³-hybridized carbons (Fsp3) is 0.143. The molecule has 3 nitrogen and oxygen atoms in total. The van der Waals surface area contributed by atoms with Crippen molar-refractivity contribution in [3.05, 3.63) is 85.5 Å². The fourth-order valence-corrected chi connectivity index (χ4v) is 9.75. The summed E-state index contributed by atoms with van der Waals surface area (Å²) in [5, 5.41) is 4.06. The largest absolute Gasteiger partial charge is 0.303 e. The van der Waals surface area contributed by atoms with Crippen LogP contribution < -0.4 is 10.4 Å². The zero-order valence-corrected chi connectivity index (χ0v) is 16.6. The van der Waals surface area contributed by atoms with Crippen molar-refractivity contribution in [2.45, 2.75) is 13.0 Å². The molecule has 0 bridgehead atoms. The first kappa shape index (κ1) is 18.6. The number of fused-ring (bicyclic) bond motifs is 1. The van der Waals surface area contributed by atoms with Gasteiger partial charge in [0.1, 0.15) is 0 Å². The van der Waals surface area contributed by atoms with Crippen molar-refractivity contribution in [3.8, 4) is 0 Å². The van der Waals surface area contributed by atoms with Crippen LogP contribution in [-0.2, 0) is 14.0 Å². The van der Waals surface area contributed by atoms with Crippen LogP contribution in [0.4, 0.5) is 0 Å². The van der Waals surface area contributed by atoms with Crippen LogP contribution in [0.15, 0.2) is 85.5 Å². The SMILES string of the molecule is C=CCS(=O)(=O)O[Si](CC)(c1ccccc1)c1cccc2ccccc12. The minimum atomic E-state index is -3.72. The van der Waals surface area contributed by atoms with E-state index in [2.05, 4.69) is 6.58 Å². The van der Waals surface area contributed by atoms with Gasteiger partial charge in [-0.2, -0.15) is 0 Å². The molecule has 3 rings (SSSR count). The Morgan fingerprint density at radius 1 is 0.962 bits per heavy atom. The molecular weight excluding hydrogens is 360 g/mol. The Labute approximate surface area is 156 Å². The van der Waals surface area contributed by atoms with Gasteiger partial charge in [-0.05, 0) is 27.2 Å². The van der Waals surface area contributed by atoms with Crippen molar-refractivity contribution in [1.82, 2.24) is 0 Å². The van der Waals surface area contributed by atoms with E-state index in [0.29, 0.717) is 6.04 Å². The van der Waals surface area contributed by atoms with Crippen molar-refractivity contribution in [2.24, 2.45) is 0 Å². The van der Waals surface area contributed by atoms with Crippen LogP contribution in [0.2, 0.25) is 6.04 Å². The van der Waals surface area contributed by atoms with Gasteiger partial charge < -0.3 is 3.87 Å². The molecule has 1 unspecified atom stereocenters. The Balaban J connectivity index is 2.31. The smallest absolute Gasteiger partial charge is 0.279 e. The van der Waals surface area contributed by atoms with Crippen LogP contribution in [-0.4, -0.2) is 22.5 Å². The van der Waals surface area contributed by atoms with E-state index in [0.717, 1.165) is 21.1 Å². The third kappa shape index (κ3) is 3.51. The van der Waals surface area contributed by atoms with E-state index in [9.17, 15) is 8.42 Å². The Morgan fingerprint density at radius 3 is 2.31 bits per heavy atom. The Bertz CT molecular complexity index is 1010. The average molecular weight is 383 g/mol. The molecule has 5 heteroatoms. The summed E-state index contributed by atoms with van der Waals surface area (Å²) in [5.74, 6) is -0.195. The monoisotopic (exact) mass is 382 g/mol. The lowest BCUT2D eigenvalue weighted by molar-refractivity contribution is 0.492. The lowest BCUT2D eigenvalue weighted by atomic mass is 10.1. The van der Waals surface area contributed by atoms with E-state index in [1.807, 2.05) is 79.7 Å². The maximum atomic E-state index is 12.6. The topological polar surface area (TPSA) is 43.4 Å². The molecule has 0 saturated carbocycles. The van der Waals surface area contributed by atoms with E-state index in [4.69, 9.17) is 3.87 Å².